The fourth-order valence-corrected chi connectivity index (χ4v) is 2.97. The molecule has 0 aliphatic heterocycles. The highest BCUT2D eigenvalue weighted by atomic mass is 32.2. The Hall–Kier alpha value is -2.39. The van der Waals surface area contributed by atoms with Crippen LogP contribution in [0.1, 0.15) is 5.56 Å². The van der Waals surface area contributed by atoms with E-state index in [4.69, 9.17) is 0 Å². The average molecular weight is 342 g/mol. The van der Waals surface area contributed by atoms with Gasteiger partial charge in [0.25, 0.3) is 5.69 Å². The molecule has 0 fully saturated rings. The van der Waals surface area contributed by atoms with Crippen molar-refractivity contribution in [2.75, 3.05) is 6.54 Å². The molecule has 0 aliphatic carbocycles. The fourth-order valence-electron chi connectivity index (χ4n) is 1.90. The van der Waals surface area contributed by atoms with Gasteiger partial charge in [-0.3, -0.25) is 10.1 Å². The van der Waals surface area contributed by atoms with Crippen molar-refractivity contribution in [1.29, 1.82) is 0 Å². The quantitative estimate of drug-likeness (QED) is 0.645. The first-order valence-corrected chi connectivity index (χ1v) is 7.96. The van der Waals surface area contributed by atoms with Gasteiger partial charge in [-0.15, -0.1) is 0 Å². The molecule has 9 heteroatoms. The van der Waals surface area contributed by atoms with E-state index < -0.39 is 26.6 Å². The molecule has 6 nitrogen and oxygen atoms in total. The van der Waals surface area contributed by atoms with Gasteiger partial charge in [0.05, 0.1) is 9.82 Å². The predicted molar refractivity (Wildman–Crippen MR) is 78.3 cm³/mol. The summed E-state index contributed by atoms with van der Waals surface area (Å²) in [7, 11) is -3.98. The lowest BCUT2D eigenvalue weighted by atomic mass is 10.1. The van der Waals surface area contributed by atoms with Gasteiger partial charge in [0.1, 0.15) is 11.6 Å². The summed E-state index contributed by atoms with van der Waals surface area (Å²) in [5.41, 5.74) is -0.323. The lowest BCUT2D eigenvalue weighted by Crippen LogP contribution is -2.26. The molecule has 0 saturated heterocycles. The molecule has 122 valence electrons. The first-order chi connectivity index (χ1) is 10.8. The molecule has 0 radical (unpaired) electrons. The van der Waals surface area contributed by atoms with E-state index in [2.05, 4.69) is 4.72 Å². The van der Waals surface area contributed by atoms with Crippen molar-refractivity contribution in [3.05, 3.63) is 69.8 Å². The molecule has 1 N–H and O–H groups in total. The minimum absolute atomic E-state index is 0.0340. The largest absolute Gasteiger partial charge is 0.270 e. The summed E-state index contributed by atoms with van der Waals surface area (Å²) in [5, 5.41) is 10.7. The van der Waals surface area contributed by atoms with Gasteiger partial charge in [-0.1, -0.05) is 6.07 Å². The van der Waals surface area contributed by atoms with Gasteiger partial charge in [-0.2, -0.15) is 0 Å². The Bertz CT molecular complexity index is 840. The Morgan fingerprint density at radius 1 is 1.13 bits per heavy atom. The van der Waals surface area contributed by atoms with Gasteiger partial charge in [-0.25, -0.2) is 21.9 Å². The molecule has 0 aromatic heterocycles. The zero-order valence-corrected chi connectivity index (χ0v) is 12.5. The Kier molecular flexibility index (Phi) is 5.02. The second-order valence-electron chi connectivity index (χ2n) is 4.64. The number of nitro groups is 1. The molecular weight excluding hydrogens is 330 g/mol. The molecule has 0 aliphatic rings. The van der Waals surface area contributed by atoms with Crippen LogP contribution in [0.4, 0.5) is 14.5 Å². The molecule has 23 heavy (non-hydrogen) atoms. The topological polar surface area (TPSA) is 89.3 Å². The highest BCUT2D eigenvalue weighted by Gasteiger charge is 2.17. The number of hydrogen-bond acceptors (Lipinski definition) is 4. The molecule has 0 saturated carbocycles. The molecule has 0 amide bonds. The minimum atomic E-state index is -3.98. The van der Waals surface area contributed by atoms with Gasteiger partial charge in [-0.05, 0) is 36.2 Å². The zero-order chi connectivity index (χ0) is 17.0. The van der Waals surface area contributed by atoms with Crippen LogP contribution in [-0.4, -0.2) is 19.9 Å². The maximum Gasteiger partial charge on any atom is 0.270 e. The van der Waals surface area contributed by atoms with E-state index in [0.717, 1.165) is 24.3 Å². The van der Waals surface area contributed by atoms with Crippen molar-refractivity contribution in [1.82, 2.24) is 4.72 Å². The summed E-state index contributed by atoms with van der Waals surface area (Å²) < 4.78 is 52.8. The van der Waals surface area contributed by atoms with E-state index in [1.165, 1.54) is 18.2 Å². The van der Waals surface area contributed by atoms with E-state index in [9.17, 15) is 27.3 Å². The molecule has 2 aromatic rings. The average Bonchev–Trinajstić information content (AvgIpc) is 2.50. The van der Waals surface area contributed by atoms with Crippen LogP contribution < -0.4 is 4.72 Å². The summed E-state index contributed by atoms with van der Waals surface area (Å²) >= 11 is 0. The molecule has 0 unspecified atom stereocenters. The minimum Gasteiger partial charge on any atom is -0.258 e. The number of non-ortho nitro benzene ring substituents is 1. The summed E-state index contributed by atoms with van der Waals surface area (Å²) in [6, 6.07) is 7.45. The van der Waals surface area contributed by atoms with Gasteiger partial charge in [0, 0.05) is 18.7 Å². The van der Waals surface area contributed by atoms with Crippen molar-refractivity contribution < 1.29 is 22.1 Å². The van der Waals surface area contributed by atoms with E-state index in [0.29, 0.717) is 0 Å². The van der Waals surface area contributed by atoms with E-state index in [-0.39, 0.29) is 29.1 Å². The molecule has 0 atom stereocenters. The summed E-state index contributed by atoms with van der Waals surface area (Å²) in [6.07, 6.45) is -0.0578. The van der Waals surface area contributed by atoms with Gasteiger partial charge in [0.15, 0.2) is 0 Å². The highest BCUT2D eigenvalue weighted by Crippen LogP contribution is 2.17. The van der Waals surface area contributed by atoms with Gasteiger partial charge >= 0.3 is 0 Å². The molecule has 0 bridgehead atoms. The normalized spacial score (nSPS) is 11.4. The number of sulfonamides is 1. The summed E-state index contributed by atoms with van der Waals surface area (Å²) in [4.78, 5) is 9.68. The molecular formula is C14H12F2N2O4S. The number of nitro benzene ring substituents is 1. The van der Waals surface area contributed by atoms with Crippen LogP contribution in [0.15, 0.2) is 47.4 Å². The Balaban J connectivity index is 2.08. The van der Waals surface area contributed by atoms with E-state index >= 15 is 0 Å². The predicted octanol–water partition coefficient (Wildman–Crippen LogP) is 2.39. The number of nitrogens with one attached hydrogen (secondary N) is 1. The SMILES string of the molecule is O=[N+]([O-])c1cccc(S(=O)(=O)NCCc2cc(F)ccc2F)c1. The van der Waals surface area contributed by atoms with Crippen molar-refractivity contribution in [2.45, 2.75) is 11.3 Å². The van der Waals surface area contributed by atoms with Crippen molar-refractivity contribution in [3.63, 3.8) is 0 Å². The standard InChI is InChI=1S/C14H12F2N2O4S/c15-11-4-5-14(16)10(8-11)6-7-17-23(21,22)13-3-1-2-12(9-13)18(19)20/h1-5,8-9,17H,6-7H2. The van der Waals surface area contributed by atoms with E-state index in [1.54, 1.807) is 0 Å². The van der Waals surface area contributed by atoms with Crippen LogP contribution in [0.5, 0.6) is 0 Å². The molecule has 0 spiro atoms. The van der Waals surface area contributed by atoms with Crippen molar-refractivity contribution in [3.8, 4) is 0 Å². The van der Waals surface area contributed by atoms with Crippen LogP contribution in [0.2, 0.25) is 0 Å². The van der Waals surface area contributed by atoms with Crippen LogP contribution >= 0.6 is 0 Å². The maximum absolute atomic E-state index is 13.4. The first-order valence-electron chi connectivity index (χ1n) is 6.47. The van der Waals surface area contributed by atoms with Crippen molar-refractivity contribution >= 4 is 15.7 Å². The van der Waals surface area contributed by atoms with E-state index in [1.807, 2.05) is 0 Å². The Morgan fingerprint density at radius 3 is 2.57 bits per heavy atom. The zero-order valence-electron chi connectivity index (χ0n) is 11.7. The van der Waals surface area contributed by atoms with Crippen LogP contribution in [0.3, 0.4) is 0 Å². The number of nitrogens with zero attached hydrogens (tertiary/aromatic N) is 1. The molecule has 2 aromatic carbocycles. The maximum atomic E-state index is 13.4. The van der Waals surface area contributed by atoms with Gasteiger partial charge < -0.3 is 0 Å². The van der Waals surface area contributed by atoms with Gasteiger partial charge in [0.2, 0.25) is 10.0 Å². The third-order valence-electron chi connectivity index (χ3n) is 3.03. The molecule has 0 heterocycles. The number of benzene rings is 2. The monoisotopic (exact) mass is 342 g/mol. The van der Waals surface area contributed by atoms with Crippen LogP contribution in [0, 0.1) is 21.7 Å². The van der Waals surface area contributed by atoms with Crippen LogP contribution in [0.25, 0.3) is 0 Å². The number of halogens is 2. The fraction of sp³-hybridized carbons (Fsp3) is 0.143. The molecule has 2 rings (SSSR count). The third-order valence-corrected chi connectivity index (χ3v) is 4.49. The smallest absolute Gasteiger partial charge is 0.258 e. The second kappa shape index (κ2) is 6.80. The lowest BCUT2D eigenvalue weighted by Gasteiger charge is -2.07. The Labute approximate surface area is 131 Å². The third kappa shape index (κ3) is 4.30. The Morgan fingerprint density at radius 2 is 1.87 bits per heavy atom. The highest BCUT2D eigenvalue weighted by molar-refractivity contribution is 7.89. The second-order valence-corrected chi connectivity index (χ2v) is 6.40. The first kappa shape index (κ1) is 17.0. The lowest BCUT2D eigenvalue weighted by molar-refractivity contribution is -0.385. The number of hydrogen-bond donors (Lipinski definition) is 1. The van der Waals surface area contributed by atoms with Crippen molar-refractivity contribution in [2.24, 2.45) is 0 Å². The number of rotatable bonds is 6. The summed E-state index contributed by atoms with van der Waals surface area (Å²) in [5.74, 6) is -1.26. The summed E-state index contributed by atoms with van der Waals surface area (Å²) in [6.45, 7) is -0.175. The van der Waals surface area contributed by atoms with Crippen LogP contribution in [-0.2, 0) is 16.4 Å².